The molecule has 0 aliphatic heterocycles. The van der Waals surface area contributed by atoms with Gasteiger partial charge in [0.1, 0.15) is 6.10 Å². The fourth-order valence-electron chi connectivity index (χ4n) is 2.62. The molecule has 0 unspecified atom stereocenters. The fourth-order valence-corrected chi connectivity index (χ4v) is 2.75. The van der Waals surface area contributed by atoms with Gasteiger partial charge in [-0.05, 0) is 49.5 Å². The first-order chi connectivity index (χ1) is 12.7. The van der Waals surface area contributed by atoms with E-state index < -0.39 is 24.8 Å². The quantitative estimate of drug-likeness (QED) is 0.579. The molecule has 5 nitrogen and oxygen atoms in total. The van der Waals surface area contributed by atoms with Crippen molar-refractivity contribution in [2.75, 3.05) is 6.61 Å². The van der Waals surface area contributed by atoms with Crippen molar-refractivity contribution in [1.29, 1.82) is 0 Å². The maximum absolute atomic E-state index is 12.0. The Morgan fingerprint density at radius 2 is 1.78 bits per heavy atom. The van der Waals surface area contributed by atoms with Crippen LogP contribution in [0.3, 0.4) is 0 Å². The molecular weight excluding hydrogens is 387 g/mol. The minimum absolute atomic E-state index is 0.295. The topological polar surface area (TPSA) is 64.6 Å². The highest BCUT2D eigenvalue weighted by atomic mass is 35.5. The third-order valence-corrected chi connectivity index (χ3v) is 4.18. The SMILES string of the molecule is O=C(/C=C/c1ccc(Cl)cc1)OC1CCC(NC(=O)OCC(F)(F)F)CC1. The number of ether oxygens (including phenoxy) is 2. The molecule has 0 aromatic heterocycles. The van der Waals surface area contributed by atoms with Gasteiger partial charge in [0.05, 0.1) is 0 Å². The van der Waals surface area contributed by atoms with Gasteiger partial charge in [0, 0.05) is 17.1 Å². The lowest BCUT2D eigenvalue weighted by Gasteiger charge is -2.28. The first-order valence-corrected chi connectivity index (χ1v) is 8.73. The summed E-state index contributed by atoms with van der Waals surface area (Å²) in [4.78, 5) is 23.2. The average Bonchev–Trinajstić information content (AvgIpc) is 2.61. The summed E-state index contributed by atoms with van der Waals surface area (Å²) in [5.74, 6) is -0.481. The van der Waals surface area contributed by atoms with E-state index in [0.29, 0.717) is 30.7 Å². The van der Waals surface area contributed by atoms with Crippen LogP contribution in [0.1, 0.15) is 31.2 Å². The minimum atomic E-state index is -4.55. The van der Waals surface area contributed by atoms with Crippen LogP contribution in [-0.2, 0) is 14.3 Å². The van der Waals surface area contributed by atoms with E-state index in [2.05, 4.69) is 10.1 Å². The Labute approximate surface area is 159 Å². The molecule has 1 aromatic rings. The zero-order valence-electron chi connectivity index (χ0n) is 14.3. The van der Waals surface area contributed by atoms with Gasteiger partial charge in [0.2, 0.25) is 0 Å². The van der Waals surface area contributed by atoms with E-state index in [1.807, 2.05) is 0 Å². The van der Waals surface area contributed by atoms with Gasteiger partial charge >= 0.3 is 18.2 Å². The molecule has 0 radical (unpaired) electrons. The third kappa shape index (κ3) is 8.34. The molecule has 1 aliphatic rings. The highest BCUT2D eigenvalue weighted by Crippen LogP contribution is 2.22. The van der Waals surface area contributed by atoms with E-state index >= 15 is 0 Å². The van der Waals surface area contributed by atoms with Crippen LogP contribution in [0.5, 0.6) is 0 Å². The molecule has 0 saturated heterocycles. The van der Waals surface area contributed by atoms with Crippen molar-refractivity contribution >= 4 is 29.7 Å². The Bertz CT molecular complexity index is 668. The lowest BCUT2D eigenvalue weighted by molar-refractivity contribution is -0.160. The normalized spacial score (nSPS) is 20.3. The van der Waals surface area contributed by atoms with Gasteiger partial charge < -0.3 is 14.8 Å². The summed E-state index contributed by atoms with van der Waals surface area (Å²) in [7, 11) is 0. The summed E-state index contributed by atoms with van der Waals surface area (Å²) < 4.78 is 45.4. The van der Waals surface area contributed by atoms with Gasteiger partial charge in [-0.3, -0.25) is 0 Å². The lowest BCUT2D eigenvalue weighted by atomic mass is 9.93. The van der Waals surface area contributed by atoms with E-state index in [4.69, 9.17) is 16.3 Å². The number of alkyl halides is 3. The van der Waals surface area contributed by atoms with Crippen molar-refractivity contribution in [1.82, 2.24) is 5.32 Å². The molecule has 1 fully saturated rings. The highest BCUT2D eigenvalue weighted by Gasteiger charge is 2.30. The zero-order valence-corrected chi connectivity index (χ0v) is 15.1. The molecule has 1 saturated carbocycles. The standard InChI is InChI=1S/C18H19ClF3NO4/c19-13-4-1-12(2-5-13)3-10-16(24)27-15-8-6-14(7-9-15)23-17(25)26-11-18(20,21)22/h1-5,10,14-15H,6-9,11H2,(H,23,25)/b10-3+. The number of alkyl carbamates (subject to hydrolysis) is 1. The molecule has 0 atom stereocenters. The predicted molar refractivity (Wildman–Crippen MR) is 93.2 cm³/mol. The molecule has 27 heavy (non-hydrogen) atoms. The smallest absolute Gasteiger partial charge is 0.422 e. The second-order valence-electron chi connectivity index (χ2n) is 6.13. The number of halogens is 4. The van der Waals surface area contributed by atoms with Crippen LogP contribution in [0.15, 0.2) is 30.3 Å². The molecule has 0 spiro atoms. The molecule has 1 amide bonds. The number of hydrogen-bond acceptors (Lipinski definition) is 4. The number of hydrogen-bond donors (Lipinski definition) is 1. The van der Waals surface area contributed by atoms with E-state index in [1.54, 1.807) is 30.3 Å². The number of benzene rings is 1. The summed E-state index contributed by atoms with van der Waals surface area (Å²) in [6.45, 7) is -1.62. The van der Waals surface area contributed by atoms with Crippen LogP contribution in [0.2, 0.25) is 5.02 Å². The van der Waals surface area contributed by atoms with Crippen LogP contribution >= 0.6 is 11.6 Å². The van der Waals surface area contributed by atoms with E-state index in [0.717, 1.165) is 5.56 Å². The molecular formula is C18H19ClF3NO4. The maximum atomic E-state index is 12.0. The van der Waals surface area contributed by atoms with Gasteiger partial charge in [0.15, 0.2) is 6.61 Å². The number of amides is 1. The Hall–Kier alpha value is -2.22. The summed E-state index contributed by atoms with van der Waals surface area (Å²) >= 11 is 5.78. The van der Waals surface area contributed by atoms with E-state index in [1.165, 1.54) is 6.08 Å². The van der Waals surface area contributed by atoms with Gasteiger partial charge in [0.25, 0.3) is 0 Å². The lowest BCUT2D eigenvalue weighted by Crippen LogP contribution is -2.40. The first-order valence-electron chi connectivity index (χ1n) is 8.35. The monoisotopic (exact) mass is 405 g/mol. The van der Waals surface area contributed by atoms with E-state index in [9.17, 15) is 22.8 Å². The van der Waals surface area contributed by atoms with Crippen molar-refractivity contribution in [3.8, 4) is 0 Å². The number of esters is 1. The Morgan fingerprint density at radius 3 is 2.37 bits per heavy atom. The number of carbonyl (C=O) groups excluding carboxylic acids is 2. The van der Waals surface area contributed by atoms with Crippen molar-refractivity contribution in [2.45, 2.75) is 44.0 Å². The fraction of sp³-hybridized carbons (Fsp3) is 0.444. The molecule has 2 rings (SSSR count). The maximum Gasteiger partial charge on any atom is 0.422 e. The molecule has 1 aliphatic carbocycles. The summed E-state index contributed by atoms with van der Waals surface area (Å²) in [5, 5.41) is 2.99. The third-order valence-electron chi connectivity index (χ3n) is 3.93. The largest absolute Gasteiger partial charge is 0.459 e. The van der Waals surface area contributed by atoms with Crippen LogP contribution in [-0.4, -0.2) is 37.0 Å². The van der Waals surface area contributed by atoms with Crippen LogP contribution < -0.4 is 5.32 Å². The van der Waals surface area contributed by atoms with Crippen molar-refractivity contribution in [3.63, 3.8) is 0 Å². The number of nitrogens with one attached hydrogen (secondary N) is 1. The summed E-state index contributed by atoms with van der Waals surface area (Å²) in [6.07, 6.45) is -1.03. The van der Waals surface area contributed by atoms with Crippen molar-refractivity contribution in [3.05, 3.63) is 40.9 Å². The summed E-state index contributed by atoms with van der Waals surface area (Å²) in [6, 6.07) is 6.65. The van der Waals surface area contributed by atoms with Gasteiger partial charge in [-0.1, -0.05) is 23.7 Å². The van der Waals surface area contributed by atoms with Gasteiger partial charge in [-0.2, -0.15) is 13.2 Å². The van der Waals surface area contributed by atoms with Gasteiger partial charge in [-0.25, -0.2) is 9.59 Å². The molecule has 1 N–H and O–H groups in total. The second kappa shape index (κ2) is 9.64. The Kier molecular flexibility index (Phi) is 7.53. The van der Waals surface area contributed by atoms with Crippen molar-refractivity contribution in [2.24, 2.45) is 0 Å². The first kappa shape index (κ1) is 21.1. The molecule has 0 heterocycles. The predicted octanol–water partition coefficient (Wildman–Crippen LogP) is 4.50. The molecule has 1 aromatic carbocycles. The van der Waals surface area contributed by atoms with Gasteiger partial charge in [-0.15, -0.1) is 0 Å². The molecule has 0 bridgehead atoms. The van der Waals surface area contributed by atoms with Crippen LogP contribution in [0.4, 0.5) is 18.0 Å². The number of rotatable bonds is 5. The average molecular weight is 406 g/mol. The van der Waals surface area contributed by atoms with Crippen LogP contribution in [0, 0.1) is 0 Å². The number of carbonyl (C=O) groups is 2. The van der Waals surface area contributed by atoms with Crippen molar-refractivity contribution < 1.29 is 32.2 Å². The molecule has 9 heteroatoms. The Balaban J connectivity index is 1.68. The zero-order chi connectivity index (χ0) is 19.9. The van der Waals surface area contributed by atoms with E-state index in [-0.39, 0.29) is 12.1 Å². The molecule has 148 valence electrons. The Morgan fingerprint density at radius 1 is 1.15 bits per heavy atom. The minimum Gasteiger partial charge on any atom is -0.459 e. The highest BCUT2D eigenvalue weighted by molar-refractivity contribution is 6.30. The summed E-state index contributed by atoms with van der Waals surface area (Å²) in [5.41, 5.74) is 0.807. The second-order valence-corrected chi connectivity index (χ2v) is 6.57. The van der Waals surface area contributed by atoms with Crippen LogP contribution in [0.25, 0.3) is 6.08 Å².